The molecule has 10 heteroatoms. The van der Waals surface area contributed by atoms with Gasteiger partial charge in [0, 0.05) is 37.3 Å². The molecule has 5 rings (SSSR count). The second-order valence-electron chi connectivity index (χ2n) is 8.95. The van der Waals surface area contributed by atoms with E-state index < -0.39 is 31.6 Å². The monoisotopic (exact) mass is 502 g/mol. The number of carbonyl (C=O) groups excluding carboxylic acids is 2. The number of benzene rings is 2. The maximum atomic E-state index is 13.6. The fourth-order valence-corrected chi connectivity index (χ4v) is 8.55. The number of fused-ring (bicyclic) bond motifs is 2. The fraction of sp³-hybridized carbons (Fsp3) is 0.417. The average molecular weight is 503 g/mol. The molecule has 2 fully saturated rings. The largest absolute Gasteiger partial charge is 0.289 e. The zero-order valence-electron chi connectivity index (χ0n) is 18.7. The molecule has 2 heterocycles. The van der Waals surface area contributed by atoms with E-state index in [0.29, 0.717) is 26.2 Å². The van der Waals surface area contributed by atoms with E-state index in [2.05, 4.69) is 0 Å². The molecule has 0 N–H and O–H groups in total. The summed E-state index contributed by atoms with van der Waals surface area (Å²) in [5.41, 5.74) is -0.482. The molecule has 0 amide bonds. The minimum atomic E-state index is -3.98. The molecule has 3 aliphatic rings. The van der Waals surface area contributed by atoms with Crippen molar-refractivity contribution in [3.05, 3.63) is 58.7 Å². The first-order valence-corrected chi connectivity index (χ1v) is 14.5. The smallest absolute Gasteiger partial charge is 0.243 e. The lowest BCUT2D eigenvalue weighted by atomic mass is 9.84. The van der Waals surface area contributed by atoms with Gasteiger partial charge in [-0.05, 0) is 37.8 Å². The molecule has 0 spiro atoms. The number of rotatable bonds is 4. The number of carbonyl (C=O) groups is 2. The Morgan fingerprint density at radius 2 is 0.882 bits per heavy atom. The molecule has 0 bridgehead atoms. The summed E-state index contributed by atoms with van der Waals surface area (Å²) >= 11 is 0. The van der Waals surface area contributed by atoms with Crippen LogP contribution in [0.15, 0.2) is 46.2 Å². The molecule has 8 nitrogen and oxygen atoms in total. The van der Waals surface area contributed by atoms with E-state index in [0.717, 1.165) is 38.5 Å². The Balaban J connectivity index is 1.65. The molecule has 1 aliphatic carbocycles. The summed E-state index contributed by atoms with van der Waals surface area (Å²) in [4.78, 5) is 26.8. The van der Waals surface area contributed by atoms with Gasteiger partial charge in [0.15, 0.2) is 11.6 Å². The average Bonchev–Trinajstić information content (AvgIpc) is 2.87. The molecule has 34 heavy (non-hydrogen) atoms. The van der Waals surface area contributed by atoms with E-state index in [4.69, 9.17) is 0 Å². The molecule has 0 atom stereocenters. The van der Waals surface area contributed by atoms with Gasteiger partial charge in [0.1, 0.15) is 0 Å². The van der Waals surface area contributed by atoms with Crippen LogP contribution in [0.4, 0.5) is 0 Å². The Bertz CT molecular complexity index is 1280. The number of nitrogens with zero attached hydrogens (tertiary/aromatic N) is 2. The van der Waals surface area contributed by atoms with Gasteiger partial charge in [0.2, 0.25) is 20.0 Å². The number of piperidine rings is 2. The molecule has 0 saturated carbocycles. The number of hydrogen-bond acceptors (Lipinski definition) is 6. The van der Waals surface area contributed by atoms with Crippen molar-refractivity contribution in [2.24, 2.45) is 0 Å². The van der Waals surface area contributed by atoms with Crippen molar-refractivity contribution in [3.63, 3.8) is 0 Å². The topological polar surface area (TPSA) is 109 Å². The van der Waals surface area contributed by atoms with Gasteiger partial charge in [-0.15, -0.1) is 0 Å². The molecule has 2 saturated heterocycles. The highest BCUT2D eigenvalue weighted by atomic mass is 32.2. The van der Waals surface area contributed by atoms with Gasteiger partial charge in [-0.1, -0.05) is 37.1 Å². The van der Waals surface area contributed by atoms with Gasteiger partial charge in [0.25, 0.3) is 0 Å². The minimum absolute atomic E-state index is 0.0723. The lowest BCUT2D eigenvalue weighted by Gasteiger charge is -2.29. The summed E-state index contributed by atoms with van der Waals surface area (Å²) < 4.78 is 56.4. The summed E-state index contributed by atoms with van der Waals surface area (Å²) in [6.45, 7) is 1.46. The van der Waals surface area contributed by atoms with Crippen molar-refractivity contribution >= 4 is 31.6 Å². The molecular weight excluding hydrogens is 476 g/mol. The Labute approximate surface area is 199 Å². The maximum Gasteiger partial charge on any atom is 0.243 e. The van der Waals surface area contributed by atoms with Crippen molar-refractivity contribution in [1.29, 1.82) is 0 Å². The third-order valence-corrected chi connectivity index (χ3v) is 10.7. The molecule has 180 valence electrons. The molecule has 0 aromatic heterocycles. The molecular formula is C24H26N2O6S2. The first-order chi connectivity index (χ1) is 16.2. The van der Waals surface area contributed by atoms with Crippen molar-refractivity contribution < 1.29 is 26.4 Å². The third-order valence-electron chi connectivity index (χ3n) is 6.86. The van der Waals surface area contributed by atoms with Crippen LogP contribution in [-0.2, 0) is 20.0 Å². The van der Waals surface area contributed by atoms with Gasteiger partial charge in [-0.3, -0.25) is 9.59 Å². The van der Waals surface area contributed by atoms with E-state index in [1.807, 2.05) is 0 Å². The summed E-state index contributed by atoms with van der Waals surface area (Å²) in [6.07, 6.45) is 4.84. The van der Waals surface area contributed by atoms with Gasteiger partial charge in [-0.25, -0.2) is 16.8 Å². The summed E-state index contributed by atoms with van der Waals surface area (Å²) in [5, 5.41) is 0. The van der Waals surface area contributed by atoms with E-state index in [1.54, 1.807) is 0 Å². The van der Waals surface area contributed by atoms with Crippen molar-refractivity contribution in [2.45, 2.75) is 48.3 Å². The van der Waals surface area contributed by atoms with Crippen LogP contribution in [0.5, 0.6) is 0 Å². The van der Waals surface area contributed by atoms with E-state index >= 15 is 0 Å². The maximum absolute atomic E-state index is 13.6. The minimum Gasteiger partial charge on any atom is -0.289 e. The van der Waals surface area contributed by atoms with Gasteiger partial charge in [-0.2, -0.15) is 8.61 Å². The second-order valence-corrected chi connectivity index (χ2v) is 12.8. The summed E-state index contributed by atoms with van der Waals surface area (Å²) in [7, 11) is -7.97. The predicted octanol–water partition coefficient (Wildman–Crippen LogP) is 2.81. The fourth-order valence-electron chi connectivity index (χ4n) is 5.10. The third kappa shape index (κ3) is 3.64. The summed E-state index contributed by atoms with van der Waals surface area (Å²) in [5.74, 6) is -1.28. The van der Waals surface area contributed by atoms with Crippen LogP contribution in [0.25, 0.3) is 0 Å². The normalized spacial score (nSPS) is 20.1. The van der Waals surface area contributed by atoms with Crippen LogP contribution in [0.1, 0.15) is 70.4 Å². The van der Waals surface area contributed by atoms with Crippen molar-refractivity contribution in [2.75, 3.05) is 26.2 Å². The van der Waals surface area contributed by atoms with Crippen molar-refractivity contribution in [1.82, 2.24) is 8.61 Å². The van der Waals surface area contributed by atoms with Crippen LogP contribution in [0.2, 0.25) is 0 Å². The highest BCUT2D eigenvalue weighted by molar-refractivity contribution is 7.89. The molecule has 2 aromatic carbocycles. The highest BCUT2D eigenvalue weighted by Crippen LogP contribution is 2.37. The Kier molecular flexibility index (Phi) is 5.96. The van der Waals surface area contributed by atoms with Crippen LogP contribution in [-0.4, -0.2) is 63.2 Å². The molecule has 0 unspecified atom stereocenters. The lowest BCUT2D eigenvalue weighted by Crippen LogP contribution is -2.38. The molecule has 2 aliphatic heterocycles. The summed E-state index contributed by atoms with van der Waals surface area (Å²) in [6, 6.07) is 8.39. The lowest BCUT2D eigenvalue weighted by molar-refractivity contribution is 0.0974. The Hall–Kier alpha value is -2.40. The van der Waals surface area contributed by atoms with E-state index in [1.165, 1.54) is 45.0 Å². The van der Waals surface area contributed by atoms with Gasteiger partial charge in [0.05, 0.1) is 20.9 Å². The van der Waals surface area contributed by atoms with Crippen LogP contribution in [0.3, 0.4) is 0 Å². The Morgan fingerprint density at radius 1 is 0.529 bits per heavy atom. The van der Waals surface area contributed by atoms with Gasteiger partial charge >= 0.3 is 0 Å². The first-order valence-electron chi connectivity index (χ1n) is 11.6. The first kappa shape index (κ1) is 23.3. The highest BCUT2D eigenvalue weighted by Gasteiger charge is 2.41. The molecule has 2 aromatic rings. The zero-order chi connectivity index (χ0) is 24.1. The number of hydrogen-bond donors (Lipinski definition) is 0. The van der Waals surface area contributed by atoms with Gasteiger partial charge < -0.3 is 0 Å². The number of sulfonamides is 2. The molecule has 0 radical (unpaired) electrons. The Morgan fingerprint density at radius 3 is 1.24 bits per heavy atom. The second kappa shape index (κ2) is 8.67. The van der Waals surface area contributed by atoms with Crippen molar-refractivity contribution in [3.8, 4) is 0 Å². The van der Waals surface area contributed by atoms with Crippen LogP contribution >= 0.6 is 0 Å². The SMILES string of the molecule is O=C1c2cccc(S(=O)(=O)N3CCCCC3)c2C(=O)c2cccc(S(=O)(=O)N3CCCCC3)c21. The van der Waals surface area contributed by atoms with Crippen LogP contribution in [0, 0.1) is 0 Å². The quantitative estimate of drug-likeness (QED) is 0.543. The van der Waals surface area contributed by atoms with E-state index in [9.17, 15) is 26.4 Å². The van der Waals surface area contributed by atoms with E-state index in [-0.39, 0.29) is 32.0 Å². The van der Waals surface area contributed by atoms with Crippen LogP contribution < -0.4 is 0 Å². The standard InChI is InChI=1S/C24H26N2O6S2/c27-23-18-10-8-12-20(34(31,32)26-15-5-2-6-16-26)22(18)24(28)17-9-7-11-19(21(17)23)33(29,30)25-13-3-1-4-14-25/h7-12H,1-6,13-16H2. The predicted molar refractivity (Wildman–Crippen MR) is 125 cm³/mol. The zero-order valence-corrected chi connectivity index (χ0v) is 20.3. The number of ketones is 2.